The number of para-hydroxylation sites is 3. The van der Waals surface area contributed by atoms with Gasteiger partial charge in [-0.25, -0.2) is 0 Å². The summed E-state index contributed by atoms with van der Waals surface area (Å²) in [6.45, 7) is -0.359. The Balaban J connectivity index is 1.00. The molecule has 5 nitrogen and oxygen atoms in total. The van der Waals surface area contributed by atoms with E-state index in [4.69, 9.17) is 76.3 Å². The monoisotopic (exact) mass is 1070 g/mol. The van der Waals surface area contributed by atoms with Gasteiger partial charge in [0.1, 0.15) is 96.6 Å². The molecule has 15 aromatic rings. The molecule has 5 heterocycles. The summed E-state index contributed by atoms with van der Waals surface area (Å²) in [5, 5.41) is 4.99. The third kappa shape index (κ3) is 7.25. The molecule has 0 atom stereocenters. The lowest BCUT2D eigenvalue weighted by molar-refractivity contribution is 0.487. The zero-order valence-electron chi connectivity index (χ0n) is 46.0. The van der Waals surface area contributed by atoms with Gasteiger partial charge in [0.25, 0.3) is 6.71 Å². The molecular formula is C72H35B9N2O3. The third-order valence-corrected chi connectivity index (χ3v) is 17.8. The molecule has 0 fully saturated rings. The molecule has 2 aliphatic heterocycles. The minimum absolute atomic E-state index is 0.102. The van der Waals surface area contributed by atoms with E-state index < -0.39 is 0 Å². The Morgan fingerprint density at radius 1 is 0.326 bits per heavy atom. The normalized spacial score (nSPS) is 12.6. The smallest absolute Gasteiger partial charge is 0.256 e. The maximum atomic E-state index is 7.51. The summed E-state index contributed by atoms with van der Waals surface area (Å²) < 4.78 is 22.1. The molecule has 86 heavy (non-hydrogen) atoms. The van der Waals surface area contributed by atoms with Crippen molar-refractivity contribution in [3.63, 3.8) is 0 Å². The Morgan fingerprint density at radius 3 is 1.35 bits per heavy atom. The van der Waals surface area contributed by atoms with E-state index in [0.29, 0.717) is 39.0 Å². The number of nitrogens with zero attached hydrogens (tertiary/aromatic N) is 2. The fraction of sp³-hybridized carbons (Fsp3) is 0. The van der Waals surface area contributed by atoms with E-state index >= 15 is 0 Å². The van der Waals surface area contributed by atoms with E-state index in [9.17, 15) is 0 Å². The number of fused-ring (bicyclic) bond motifs is 13. The van der Waals surface area contributed by atoms with Crippen molar-refractivity contribution < 1.29 is 13.6 Å². The summed E-state index contributed by atoms with van der Waals surface area (Å²) in [7, 11) is 55.5. The van der Waals surface area contributed by atoms with Crippen molar-refractivity contribution in [1.29, 1.82) is 0 Å². The summed E-state index contributed by atoms with van der Waals surface area (Å²) in [5.74, 6) is 1.26. The van der Waals surface area contributed by atoms with Gasteiger partial charge in [-0.3, -0.25) is 0 Å². The van der Waals surface area contributed by atoms with Crippen molar-refractivity contribution in [1.82, 2.24) is 4.57 Å². The van der Waals surface area contributed by atoms with E-state index in [0.717, 1.165) is 122 Å². The molecular weight excluding hydrogens is 1040 g/mol. The van der Waals surface area contributed by atoms with Crippen molar-refractivity contribution in [2.45, 2.75) is 0 Å². The van der Waals surface area contributed by atoms with Gasteiger partial charge in [-0.05, 0) is 115 Å². The predicted octanol–water partition coefficient (Wildman–Crippen LogP) is 8.01. The largest absolute Gasteiger partial charge is 0.458 e. The van der Waals surface area contributed by atoms with Gasteiger partial charge in [0.2, 0.25) is 0 Å². The predicted molar refractivity (Wildman–Crippen MR) is 366 cm³/mol. The van der Waals surface area contributed by atoms with Crippen molar-refractivity contribution in [2.24, 2.45) is 0 Å². The molecule has 0 amide bonds. The zero-order chi connectivity index (χ0) is 58.0. The second-order valence-corrected chi connectivity index (χ2v) is 22.4. The summed E-state index contributed by atoms with van der Waals surface area (Å²) in [6.07, 6.45) is 0. The molecule has 0 spiro atoms. The highest BCUT2D eigenvalue weighted by molar-refractivity contribution is 6.99. The first kappa shape index (κ1) is 50.7. The molecule has 0 aliphatic carbocycles. The van der Waals surface area contributed by atoms with Crippen LogP contribution in [0.25, 0.3) is 116 Å². The molecule has 3 aromatic heterocycles. The van der Waals surface area contributed by atoms with Crippen LogP contribution in [-0.2, 0) is 0 Å². The molecule has 17 rings (SSSR count). The lowest BCUT2D eigenvalue weighted by atomic mass is 9.34. The van der Waals surface area contributed by atoms with Crippen molar-refractivity contribution in [2.75, 3.05) is 4.90 Å². The highest BCUT2D eigenvalue weighted by Crippen LogP contribution is 2.51. The Labute approximate surface area is 506 Å². The molecule has 0 saturated carbocycles. The molecule has 0 N–H and O–H groups in total. The zero-order valence-corrected chi connectivity index (χ0v) is 46.0. The Kier molecular flexibility index (Phi) is 11.1. The van der Waals surface area contributed by atoms with Crippen LogP contribution in [0.5, 0.6) is 11.5 Å². The average Bonchev–Trinajstić information content (AvgIpc) is 1.32. The summed E-state index contributed by atoms with van der Waals surface area (Å²) in [5.41, 5.74) is 19.5. The Morgan fingerprint density at radius 2 is 0.791 bits per heavy atom. The van der Waals surface area contributed by atoms with E-state index in [1.807, 2.05) is 65.2 Å². The molecule has 378 valence electrons. The van der Waals surface area contributed by atoms with Gasteiger partial charge < -0.3 is 23.0 Å². The van der Waals surface area contributed by atoms with Gasteiger partial charge in [-0.15, -0.1) is 21.9 Å². The van der Waals surface area contributed by atoms with Gasteiger partial charge >= 0.3 is 0 Å². The fourth-order valence-corrected chi connectivity index (χ4v) is 13.7. The van der Waals surface area contributed by atoms with Crippen molar-refractivity contribution in [3.8, 4) is 61.7 Å². The number of hydrogen-bond donors (Lipinski definition) is 0. The Bertz CT molecular complexity index is 5330. The number of ether oxygens (including phenoxy) is 1. The van der Waals surface area contributed by atoms with Crippen LogP contribution in [0.3, 0.4) is 0 Å². The average molecular weight is 1070 g/mol. The fourth-order valence-electron chi connectivity index (χ4n) is 13.7. The number of aromatic nitrogens is 1. The summed E-state index contributed by atoms with van der Waals surface area (Å²) in [6, 6.07) is 74.1. The van der Waals surface area contributed by atoms with Gasteiger partial charge in [0.15, 0.2) is 0 Å². The number of anilines is 3. The van der Waals surface area contributed by atoms with Crippen molar-refractivity contribution in [3.05, 3.63) is 212 Å². The van der Waals surface area contributed by atoms with Crippen LogP contribution in [0.1, 0.15) is 0 Å². The number of hydrogen-bond acceptors (Lipinski definition) is 4. The second-order valence-electron chi connectivity index (χ2n) is 22.4. The SMILES string of the molecule is [B]c1c([B])c([B])c2c(c1[B])c1c([B])c([B])c([B])c([B])c1n2-c1cc2c3c(c1)N(c1c(-c4ccccc4)cccc1-c1ccccc1)c1cc(-c4ccc5oc6ccccc6c5c4)ccc1B3c1ccc(-c3ccc4oc5ccccc5c4c3)cc1O2. The summed E-state index contributed by atoms with van der Waals surface area (Å²) in [4.78, 5) is 2.41. The van der Waals surface area contributed by atoms with Gasteiger partial charge in [-0.2, -0.15) is 0 Å². The number of furan rings is 2. The first-order chi connectivity index (χ1) is 42.0. The van der Waals surface area contributed by atoms with E-state index in [1.165, 1.54) is 0 Å². The van der Waals surface area contributed by atoms with E-state index in [1.54, 1.807) is 0 Å². The quantitative estimate of drug-likeness (QED) is 0.159. The highest BCUT2D eigenvalue weighted by Gasteiger charge is 2.44. The lowest BCUT2D eigenvalue weighted by Gasteiger charge is -2.42. The summed E-state index contributed by atoms with van der Waals surface area (Å²) >= 11 is 0. The van der Waals surface area contributed by atoms with Gasteiger partial charge in [0.05, 0.1) is 11.4 Å². The maximum absolute atomic E-state index is 7.51. The van der Waals surface area contributed by atoms with E-state index in [2.05, 4.69) is 157 Å². The first-order valence-electron chi connectivity index (χ1n) is 28.3. The van der Waals surface area contributed by atoms with Gasteiger partial charge in [-0.1, -0.05) is 174 Å². The van der Waals surface area contributed by atoms with Crippen LogP contribution in [-0.4, -0.2) is 74.1 Å². The van der Waals surface area contributed by atoms with Gasteiger partial charge in [0, 0.05) is 61.1 Å². The topological polar surface area (TPSA) is 43.7 Å². The molecule has 14 heteroatoms. The number of benzene rings is 12. The minimum Gasteiger partial charge on any atom is -0.458 e. The third-order valence-electron chi connectivity index (χ3n) is 17.8. The van der Waals surface area contributed by atoms with Crippen LogP contribution in [0, 0.1) is 0 Å². The van der Waals surface area contributed by atoms with Crippen molar-refractivity contribution >= 4 is 212 Å². The maximum Gasteiger partial charge on any atom is 0.256 e. The lowest BCUT2D eigenvalue weighted by Crippen LogP contribution is -2.59. The molecule has 12 aromatic carbocycles. The second kappa shape index (κ2) is 18.9. The highest BCUT2D eigenvalue weighted by atomic mass is 16.5. The van der Waals surface area contributed by atoms with Crippen LogP contribution in [0.2, 0.25) is 0 Å². The van der Waals surface area contributed by atoms with Crippen LogP contribution >= 0.6 is 0 Å². The molecule has 2 aliphatic rings. The van der Waals surface area contributed by atoms with E-state index in [-0.39, 0.29) is 50.4 Å². The number of rotatable bonds is 6. The van der Waals surface area contributed by atoms with Crippen LogP contribution < -0.4 is 69.7 Å². The minimum atomic E-state index is -0.359. The first-order valence-corrected chi connectivity index (χ1v) is 28.3. The van der Waals surface area contributed by atoms with Crippen LogP contribution in [0.4, 0.5) is 17.1 Å². The Hall–Kier alpha value is -9.78. The molecule has 0 unspecified atom stereocenters. The molecule has 0 bridgehead atoms. The standard InChI is InChI=1S/C72H35B9N2O3/c73-61-59-60-62(74)64(76)66(78)68(80)72(60)82(71(59)67(79)65(77)63(61)75)42-34-52-69-58(35-42)86-57-33-41(39-25-29-56-48(31-39)46-17-8-10-21-54(46)85-56)23-27-50(57)81(69)49-26-22-40(38-24-28-55-47(30-38)45-16-7-9-20-53(45)84-55)32-51(49)83(52)70-43(36-12-3-1-4-13-36)18-11-19-44(70)37-14-5-2-6-15-37/h1-35H. The van der Waals surface area contributed by atoms with Crippen LogP contribution in [0.15, 0.2) is 221 Å². The molecule has 0 saturated heterocycles. The molecule has 16 radical (unpaired) electrons.